The van der Waals surface area contributed by atoms with E-state index in [2.05, 4.69) is 0 Å². The number of rotatable bonds is 4. The molecule has 92 valence electrons. The van der Waals surface area contributed by atoms with Gasteiger partial charge in [-0.2, -0.15) is 0 Å². The number of aliphatic carboxylic acids is 1. The molecule has 2 rings (SSSR count). The molecular weight excluding hydrogens is 228 g/mol. The molecule has 0 aliphatic rings. The Labute approximate surface area is 106 Å². The topological polar surface area (TPSA) is 46.5 Å². The van der Waals surface area contributed by atoms with Crippen LogP contribution in [0.4, 0.5) is 0 Å². The molecule has 0 spiro atoms. The fourth-order valence-corrected chi connectivity index (χ4v) is 1.63. The quantitative estimate of drug-likeness (QED) is 0.895. The van der Waals surface area contributed by atoms with Gasteiger partial charge < -0.3 is 9.84 Å². The SMILES string of the molecule is CC(Oc1cccc(-c2ccccc2)c1)C(=O)O. The monoisotopic (exact) mass is 242 g/mol. The molecule has 2 aromatic rings. The van der Waals surface area contributed by atoms with Crippen LogP contribution in [0.15, 0.2) is 54.6 Å². The predicted octanol–water partition coefficient (Wildman–Crippen LogP) is 3.21. The third kappa shape index (κ3) is 2.88. The first kappa shape index (κ1) is 12.2. The highest BCUT2D eigenvalue weighted by Gasteiger charge is 2.12. The second kappa shape index (κ2) is 5.36. The van der Waals surface area contributed by atoms with Crippen LogP contribution in [0.5, 0.6) is 5.75 Å². The van der Waals surface area contributed by atoms with Gasteiger partial charge in [0, 0.05) is 0 Å². The zero-order valence-corrected chi connectivity index (χ0v) is 10.0. The van der Waals surface area contributed by atoms with E-state index in [4.69, 9.17) is 9.84 Å². The Morgan fingerprint density at radius 1 is 1.06 bits per heavy atom. The van der Waals surface area contributed by atoms with Crippen LogP contribution in [-0.2, 0) is 4.79 Å². The van der Waals surface area contributed by atoms with Crippen LogP contribution >= 0.6 is 0 Å². The summed E-state index contributed by atoms with van der Waals surface area (Å²) in [6, 6.07) is 17.3. The average molecular weight is 242 g/mol. The van der Waals surface area contributed by atoms with Crippen LogP contribution < -0.4 is 4.74 Å². The lowest BCUT2D eigenvalue weighted by Gasteiger charge is -2.11. The molecule has 18 heavy (non-hydrogen) atoms. The second-order valence-electron chi connectivity index (χ2n) is 3.99. The molecule has 0 amide bonds. The normalized spacial score (nSPS) is 11.8. The number of ether oxygens (including phenoxy) is 1. The predicted molar refractivity (Wildman–Crippen MR) is 69.6 cm³/mol. The van der Waals surface area contributed by atoms with Gasteiger partial charge in [0.15, 0.2) is 6.10 Å². The Bertz CT molecular complexity index is 534. The summed E-state index contributed by atoms with van der Waals surface area (Å²) in [7, 11) is 0. The van der Waals surface area contributed by atoms with Crippen LogP contribution in [0.3, 0.4) is 0 Å². The fraction of sp³-hybridized carbons (Fsp3) is 0.133. The van der Waals surface area contributed by atoms with E-state index in [0.717, 1.165) is 11.1 Å². The van der Waals surface area contributed by atoms with Crippen LogP contribution in [0.2, 0.25) is 0 Å². The number of carboxylic acid groups (broad SMARTS) is 1. The minimum Gasteiger partial charge on any atom is -0.479 e. The molecule has 1 N–H and O–H groups in total. The van der Waals surface area contributed by atoms with Gasteiger partial charge in [-0.1, -0.05) is 42.5 Å². The van der Waals surface area contributed by atoms with Crippen molar-refractivity contribution >= 4 is 5.97 Å². The number of carbonyl (C=O) groups is 1. The van der Waals surface area contributed by atoms with Gasteiger partial charge in [0.05, 0.1) is 0 Å². The molecule has 0 heterocycles. The smallest absolute Gasteiger partial charge is 0.344 e. The van der Waals surface area contributed by atoms with Crippen molar-refractivity contribution in [1.82, 2.24) is 0 Å². The zero-order valence-electron chi connectivity index (χ0n) is 10.0. The van der Waals surface area contributed by atoms with E-state index in [1.807, 2.05) is 48.5 Å². The molecule has 0 bridgehead atoms. The number of benzene rings is 2. The third-order valence-electron chi connectivity index (χ3n) is 2.60. The molecular formula is C15H14O3. The lowest BCUT2D eigenvalue weighted by atomic mass is 10.1. The van der Waals surface area contributed by atoms with Gasteiger partial charge in [-0.05, 0) is 30.2 Å². The maximum absolute atomic E-state index is 10.7. The van der Waals surface area contributed by atoms with Crippen molar-refractivity contribution in [2.24, 2.45) is 0 Å². The molecule has 0 radical (unpaired) electrons. The van der Waals surface area contributed by atoms with Gasteiger partial charge in [0.25, 0.3) is 0 Å². The molecule has 0 aliphatic carbocycles. The lowest BCUT2D eigenvalue weighted by molar-refractivity contribution is -0.144. The number of hydrogen-bond donors (Lipinski definition) is 1. The molecule has 0 saturated heterocycles. The largest absolute Gasteiger partial charge is 0.479 e. The maximum atomic E-state index is 10.7. The molecule has 3 nitrogen and oxygen atoms in total. The van der Waals surface area contributed by atoms with Gasteiger partial charge in [-0.25, -0.2) is 4.79 Å². The van der Waals surface area contributed by atoms with Crippen molar-refractivity contribution in [2.45, 2.75) is 13.0 Å². The first-order chi connectivity index (χ1) is 8.66. The van der Waals surface area contributed by atoms with Crippen molar-refractivity contribution in [3.05, 3.63) is 54.6 Å². The van der Waals surface area contributed by atoms with E-state index in [1.165, 1.54) is 6.92 Å². The summed E-state index contributed by atoms with van der Waals surface area (Å²) >= 11 is 0. The van der Waals surface area contributed by atoms with E-state index in [0.29, 0.717) is 5.75 Å². The van der Waals surface area contributed by atoms with Gasteiger partial charge in [-0.15, -0.1) is 0 Å². The van der Waals surface area contributed by atoms with E-state index in [9.17, 15) is 4.79 Å². The van der Waals surface area contributed by atoms with Crippen LogP contribution in [0.25, 0.3) is 11.1 Å². The van der Waals surface area contributed by atoms with Crippen LogP contribution in [-0.4, -0.2) is 17.2 Å². The highest BCUT2D eigenvalue weighted by molar-refractivity contribution is 5.72. The Balaban J connectivity index is 2.23. The van der Waals surface area contributed by atoms with Gasteiger partial charge in [0.1, 0.15) is 5.75 Å². The van der Waals surface area contributed by atoms with Gasteiger partial charge in [-0.3, -0.25) is 0 Å². The second-order valence-corrected chi connectivity index (χ2v) is 3.99. The summed E-state index contributed by atoms with van der Waals surface area (Å²) in [5, 5.41) is 8.80. The molecule has 0 aromatic heterocycles. The highest BCUT2D eigenvalue weighted by Crippen LogP contribution is 2.24. The standard InChI is InChI=1S/C15H14O3/c1-11(15(16)17)18-14-9-5-8-13(10-14)12-6-3-2-4-7-12/h2-11H,1H3,(H,16,17). The first-order valence-electron chi connectivity index (χ1n) is 5.72. The zero-order chi connectivity index (χ0) is 13.0. The summed E-state index contributed by atoms with van der Waals surface area (Å²) in [4.78, 5) is 10.7. The summed E-state index contributed by atoms with van der Waals surface area (Å²) in [6.07, 6.45) is -0.851. The summed E-state index contributed by atoms with van der Waals surface area (Å²) in [5.41, 5.74) is 2.08. The number of hydrogen-bond acceptors (Lipinski definition) is 2. The Morgan fingerprint density at radius 3 is 2.39 bits per heavy atom. The van der Waals surface area contributed by atoms with E-state index < -0.39 is 12.1 Å². The fourth-order valence-electron chi connectivity index (χ4n) is 1.63. The molecule has 0 aliphatic heterocycles. The van der Waals surface area contributed by atoms with Crippen molar-refractivity contribution in [1.29, 1.82) is 0 Å². The van der Waals surface area contributed by atoms with Crippen molar-refractivity contribution in [2.75, 3.05) is 0 Å². The molecule has 0 fully saturated rings. The van der Waals surface area contributed by atoms with Crippen molar-refractivity contribution in [3.8, 4) is 16.9 Å². The van der Waals surface area contributed by atoms with Gasteiger partial charge >= 0.3 is 5.97 Å². The molecule has 1 atom stereocenters. The Hall–Kier alpha value is -2.29. The minimum atomic E-state index is -0.972. The Kier molecular flexibility index (Phi) is 3.63. The average Bonchev–Trinajstić information content (AvgIpc) is 2.40. The lowest BCUT2D eigenvalue weighted by Crippen LogP contribution is -2.22. The minimum absolute atomic E-state index is 0.561. The number of carboxylic acids is 1. The van der Waals surface area contributed by atoms with Crippen LogP contribution in [0, 0.1) is 0 Å². The molecule has 0 saturated carbocycles. The van der Waals surface area contributed by atoms with E-state index in [-0.39, 0.29) is 0 Å². The summed E-state index contributed by atoms with van der Waals surface area (Å²) in [6.45, 7) is 1.51. The Morgan fingerprint density at radius 2 is 1.72 bits per heavy atom. The summed E-state index contributed by atoms with van der Waals surface area (Å²) < 4.78 is 5.34. The molecule has 2 aromatic carbocycles. The highest BCUT2D eigenvalue weighted by atomic mass is 16.5. The molecule has 1 unspecified atom stereocenters. The maximum Gasteiger partial charge on any atom is 0.344 e. The van der Waals surface area contributed by atoms with Crippen LogP contribution in [0.1, 0.15) is 6.92 Å². The summed E-state index contributed by atoms with van der Waals surface area (Å²) in [5.74, 6) is -0.411. The first-order valence-corrected chi connectivity index (χ1v) is 5.72. The van der Waals surface area contributed by atoms with E-state index in [1.54, 1.807) is 6.07 Å². The van der Waals surface area contributed by atoms with E-state index >= 15 is 0 Å². The third-order valence-corrected chi connectivity index (χ3v) is 2.60. The molecule has 3 heteroatoms. The van der Waals surface area contributed by atoms with Gasteiger partial charge in [0.2, 0.25) is 0 Å². The van der Waals surface area contributed by atoms with Crippen molar-refractivity contribution in [3.63, 3.8) is 0 Å². The van der Waals surface area contributed by atoms with Crippen molar-refractivity contribution < 1.29 is 14.6 Å².